The number of aryl methyl sites for hydroxylation is 3. The number of aromatic nitrogens is 2. The molecule has 0 aliphatic rings. The summed E-state index contributed by atoms with van der Waals surface area (Å²) in [5.41, 5.74) is 12.6. The average Bonchev–Trinajstić information content (AvgIpc) is 2.47. The van der Waals surface area contributed by atoms with E-state index in [1.54, 1.807) is 4.57 Å². The number of hydrogen-bond acceptors (Lipinski definition) is 2. The van der Waals surface area contributed by atoms with E-state index < -0.39 is 0 Å². The Bertz CT molecular complexity index is 575. The molecular weight excluding hydrogens is 190 g/mol. The molecule has 0 saturated heterocycles. The van der Waals surface area contributed by atoms with E-state index in [9.17, 15) is 0 Å². The van der Waals surface area contributed by atoms with Gasteiger partial charge in [-0.3, -0.25) is 0 Å². The normalized spacial score (nSPS) is 10.3. The highest BCUT2D eigenvalue weighted by Crippen LogP contribution is 2.23. The Morgan fingerprint density at radius 3 is 2.67 bits per heavy atom. The molecule has 15 heavy (non-hydrogen) atoms. The Morgan fingerprint density at radius 2 is 2.00 bits per heavy atom. The van der Waals surface area contributed by atoms with Crippen molar-refractivity contribution in [3.63, 3.8) is 0 Å². The second-order valence-corrected chi connectivity index (χ2v) is 3.59. The highest BCUT2D eigenvalue weighted by molar-refractivity contribution is 5.79. The highest BCUT2D eigenvalue weighted by atomic mass is 15.3. The van der Waals surface area contributed by atoms with E-state index in [4.69, 9.17) is 5.53 Å². The topological polar surface area (TPSA) is 66.6 Å². The van der Waals surface area contributed by atoms with Gasteiger partial charge in [-0.15, -0.1) is 0 Å². The van der Waals surface area contributed by atoms with Crippen molar-refractivity contribution in [2.24, 2.45) is 12.2 Å². The molecule has 0 unspecified atom stereocenters. The summed E-state index contributed by atoms with van der Waals surface area (Å²) >= 11 is 0. The van der Waals surface area contributed by atoms with Gasteiger partial charge in [0.2, 0.25) is 0 Å². The first-order chi connectivity index (χ1) is 7.13. The molecule has 0 radical (unpaired) electrons. The van der Waals surface area contributed by atoms with Crippen LogP contribution in [0.25, 0.3) is 21.5 Å². The molecule has 1 aromatic heterocycles. The molecule has 0 aliphatic carbocycles. The number of imidazole rings is 1. The highest BCUT2D eigenvalue weighted by Gasteiger charge is 2.07. The standard InChI is InChI=1S/C10H11N5/c1-6-4-8-9(5-7(6)2)15(3)10(12-8)13-14-11/h4-5H,1-3H3. The maximum Gasteiger partial charge on any atom is 0.197 e. The lowest BCUT2D eigenvalue weighted by Gasteiger charge is -2.00. The Kier molecular flexibility index (Phi) is 2.10. The minimum absolute atomic E-state index is 0.400. The van der Waals surface area contributed by atoms with Gasteiger partial charge in [0.15, 0.2) is 5.95 Å². The number of fused-ring (bicyclic) bond motifs is 1. The summed E-state index contributed by atoms with van der Waals surface area (Å²) in [5, 5.41) is 3.54. The molecule has 5 nitrogen and oxygen atoms in total. The van der Waals surface area contributed by atoms with Gasteiger partial charge >= 0.3 is 0 Å². The summed E-state index contributed by atoms with van der Waals surface area (Å²) in [6, 6.07) is 4.05. The molecule has 2 aromatic rings. The zero-order valence-corrected chi connectivity index (χ0v) is 8.89. The monoisotopic (exact) mass is 201 g/mol. The zero-order chi connectivity index (χ0) is 11.0. The van der Waals surface area contributed by atoms with Crippen LogP contribution < -0.4 is 0 Å². The van der Waals surface area contributed by atoms with E-state index in [2.05, 4.69) is 21.9 Å². The Balaban J connectivity index is 2.82. The second kappa shape index (κ2) is 3.29. The third-order valence-corrected chi connectivity index (χ3v) is 2.61. The van der Waals surface area contributed by atoms with E-state index in [0.29, 0.717) is 5.95 Å². The van der Waals surface area contributed by atoms with Crippen LogP contribution in [0.2, 0.25) is 0 Å². The molecular formula is C10H11N5. The van der Waals surface area contributed by atoms with Crippen LogP contribution in [-0.2, 0) is 7.05 Å². The molecule has 1 aromatic carbocycles. The zero-order valence-electron chi connectivity index (χ0n) is 8.89. The Morgan fingerprint density at radius 1 is 1.33 bits per heavy atom. The molecule has 0 amide bonds. The molecule has 0 fully saturated rings. The Hall–Kier alpha value is -2.00. The van der Waals surface area contributed by atoms with Crippen LogP contribution in [0.3, 0.4) is 0 Å². The first-order valence-electron chi connectivity index (χ1n) is 4.62. The van der Waals surface area contributed by atoms with Gasteiger partial charge in [0, 0.05) is 12.0 Å². The minimum Gasteiger partial charge on any atom is -0.326 e. The fourth-order valence-corrected chi connectivity index (χ4v) is 1.56. The van der Waals surface area contributed by atoms with Crippen LogP contribution in [0.5, 0.6) is 0 Å². The predicted molar refractivity (Wildman–Crippen MR) is 59.0 cm³/mol. The SMILES string of the molecule is Cc1cc2nc(N=[N+]=[N-])n(C)c2cc1C. The van der Waals surface area contributed by atoms with Crippen molar-refractivity contribution in [3.05, 3.63) is 33.7 Å². The lowest BCUT2D eigenvalue weighted by Crippen LogP contribution is -1.87. The molecule has 0 saturated carbocycles. The lowest BCUT2D eigenvalue weighted by atomic mass is 10.1. The molecule has 1 heterocycles. The molecule has 0 spiro atoms. The molecule has 0 N–H and O–H groups in total. The third kappa shape index (κ3) is 1.43. The smallest absolute Gasteiger partial charge is 0.197 e. The molecule has 76 valence electrons. The van der Waals surface area contributed by atoms with E-state index in [1.165, 1.54) is 11.1 Å². The fourth-order valence-electron chi connectivity index (χ4n) is 1.56. The predicted octanol–water partition coefficient (Wildman–Crippen LogP) is 3.13. The van der Waals surface area contributed by atoms with E-state index in [-0.39, 0.29) is 0 Å². The summed E-state index contributed by atoms with van der Waals surface area (Å²) in [7, 11) is 1.84. The van der Waals surface area contributed by atoms with Crippen LogP contribution in [0, 0.1) is 13.8 Å². The summed E-state index contributed by atoms with van der Waals surface area (Å²) in [4.78, 5) is 7.00. The lowest BCUT2D eigenvalue weighted by molar-refractivity contribution is 0.939. The van der Waals surface area contributed by atoms with Crippen molar-refractivity contribution in [2.45, 2.75) is 13.8 Å². The second-order valence-electron chi connectivity index (χ2n) is 3.59. The maximum absolute atomic E-state index is 8.38. The van der Waals surface area contributed by atoms with E-state index >= 15 is 0 Å². The number of hydrogen-bond donors (Lipinski definition) is 0. The Labute approximate surface area is 87.0 Å². The van der Waals surface area contributed by atoms with Crippen LogP contribution in [0.15, 0.2) is 17.2 Å². The first-order valence-corrected chi connectivity index (χ1v) is 4.62. The summed E-state index contributed by atoms with van der Waals surface area (Å²) in [6.07, 6.45) is 0. The third-order valence-electron chi connectivity index (χ3n) is 2.61. The van der Waals surface area contributed by atoms with E-state index in [1.807, 2.05) is 26.1 Å². The summed E-state index contributed by atoms with van der Waals surface area (Å²) in [6.45, 7) is 4.09. The first kappa shape index (κ1) is 9.55. The number of benzene rings is 1. The van der Waals surface area contributed by atoms with Gasteiger partial charge in [-0.05, 0) is 47.8 Å². The van der Waals surface area contributed by atoms with Crippen molar-refractivity contribution in [1.82, 2.24) is 9.55 Å². The average molecular weight is 201 g/mol. The molecule has 2 rings (SSSR count). The number of azide groups is 1. The van der Waals surface area contributed by atoms with Crippen molar-refractivity contribution in [1.29, 1.82) is 0 Å². The minimum atomic E-state index is 0.400. The summed E-state index contributed by atoms with van der Waals surface area (Å²) < 4.78 is 1.79. The molecule has 0 atom stereocenters. The molecule has 0 aliphatic heterocycles. The molecule has 0 bridgehead atoms. The summed E-state index contributed by atoms with van der Waals surface area (Å²) in [5.74, 6) is 0.400. The van der Waals surface area contributed by atoms with Crippen molar-refractivity contribution < 1.29 is 0 Å². The van der Waals surface area contributed by atoms with Crippen molar-refractivity contribution in [3.8, 4) is 0 Å². The van der Waals surface area contributed by atoms with Crippen LogP contribution in [0.4, 0.5) is 5.95 Å². The van der Waals surface area contributed by atoms with Gasteiger partial charge in [0.25, 0.3) is 0 Å². The molecule has 5 heteroatoms. The fraction of sp³-hybridized carbons (Fsp3) is 0.300. The van der Waals surface area contributed by atoms with Gasteiger partial charge in [0.1, 0.15) is 0 Å². The van der Waals surface area contributed by atoms with Gasteiger partial charge in [-0.2, -0.15) is 0 Å². The quantitative estimate of drug-likeness (QED) is 0.397. The van der Waals surface area contributed by atoms with Gasteiger partial charge in [-0.1, -0.05) is 0 Å². The van der Waals surface area contributed by atoms with Gasteiger partial charge in [-0.25, -0.2) is 4.98 Å². The van der Waals surface area contributed by atoms with Crippen molar-refractivity contribution in [2.75, 3.05) is 0 Å². The maximum atomic E-state index is 8.38. The van der Waals surface area contributed by atoms with Crippen LogP contribution in [0.1, 0.15) is 11.1 Å². The number of rotatable bonds is 1. The van der Waals surface area contributed by atoms with E-state index in [0.717, 1.165) is 11.0 Å². The van der Waals surface area contributed by atoms with Crippen LogP contribution in [-0.4, -0.2) is 9.55 Å². The number of nitrogens with zero attached hydrogens (tertiary/aromatic N) is 5. The van der Waals surface area contributed by atoms with Gasteiger partial charge in [0.05, 0.1) is 11.0 Å². The largest absolute Gasteiger partial charge is 0.326 e. The van der Waals surface area contributed by atoms with Gasteiger partial charge < -0.3 is 4.57 Å². The van der Waals surface area contributed by atoms with Crippen molar-refractivity contribution >= 4 is 17.0 Å². The van der Waals surface area contributed by atoms with Crippen LogP contribution >= 0.6 is 0 Å².